The van der Waals surface area contributed by atoms with Gasteiger partial charge in [-0.05, 0) is 44.9 Å². The molecule has 3 atom stereocenters. The van der Waals surface area contributed by atoms with Gasteiger partial charge in [-0.2, -0.15) is 0 Å². The summed E-state index contributed by atoms with van der Waals surface area (Å²) in [6.45, 7) is 6.28. The van der Waals surface area contributed by atoms with Crippen LogP contribution in [0.2, 0.25) is 0 Å². The fourth-order valence-electron chi connectivity index (χ4n) is 1.99. The highest BCUT2D eigenvalue weighted by atomic mass is 16.5. The number of rotatable bonds is 5. The van der Waals surface area contributed by atoms with Gasteiger partial charge >= 0.3 is 0 Å². The van der Waals surface area contributed by atoms with Crippen molar-refractivity contribution in [1.29, 1.82) is 0 Å². The smallest absolute Gasteiger partial charge is 0.0579 e. The van der Waals surface area contributed by atoms with E-state index in [0.29, 0.717) is 18.1 Å². The minimum Gasteiger partial charge on any atom is -0.393 e. The van der Waals surface area contributed by atoms with Crippen LogP contribution in [0.4, 0.5) is 0 Å². The molecule has 0 spiro atoms. The van der Waals surface area contributed by atoms with Crippen molar-refractivity contribution < 1.29 is 9.84 Å². The minimum atomic E-state index is -0.131. The molecule has 0 amide bonds. The first-order valence-corrected chi connectivity index (χ1v) is 5.93. The highest BCUT2D eigenvalue weighted by molar-refractivity contribution is 4.71. The maximum atomic E-state index is 9.61. The third kappa shape index (κ3) is 3.97. The Morgan fingerprint density at radius 2 is 2.07 bits per heavy atom. The normalized spacial score (nSPS) is 29.8. The third-order valence-electron chi connectivity index (χ3n) is 3.12. The van der Waals surface area contributed by atoms with E-state index < -0.39 is 0 Å². The second kappa shape index (κ2) is 5.72. The van der Waals surface area contributed by atoms with Gasteiger partial charge in [-0.15, -0.1) is 0 Å². The molecule has 3 unspecified atom stereocenters. The molecular formula is C12H24O2. The van der Waals surface area contributed by atoms with Crippen molar-refractivity contribution in [1.82, 2.24) is 0 Å². The van der Waals surface area contributed by atoms with Gasteiger partial charge in [-0.1, -0.05) is 13.8 Å². The van der Waals surface area contributed by atoms with Crippen molar-refractivity contribution in [2.75, 3.05) is 0 Å². The van der Waals surface area contributed by atoms with Crippen molar-refractivity contribution in [3.05, 3.63) is 0 Å². The lowest BCUT2D eigenvalue weighted by atomic mass is 10.00. The summed E-state index contributed by atoms with van der Waals surface area (Å²) >= 11 is 0. The zero-order valence-electron chi connectivity index (χ0n) is 9.70. The van der Waals surface area contributed by atoms with Crippen molar-refractivity contribution in [3.8, 4) is 0 Å². The van der Waals surface area contributed by atoms with Gasteiger partial charge in [0.05, 0.1) is 18.3 Å². The summed E-state index contributed by atoms with van der Waals surface area (Å²) < 4.78 is 5.72. The summed E-state index contributed by atoms with van der Waals surface area (Å²) in [4.78, 5) is 0. The van der Waals surface area contributed by atoms with Crippen LogP contribution in [0, 0.1) is 5.92 Å². The van der Waals surface area contributed by atoms with E-state index >= 15 is 0 Å². The first kappa shape index (κ1) is 12.0. The van der Waals surface area contributed by atoms with Gasteiger partial charge in [0.25, 0.3) is 0 Å². The van der Waals surface area contributed by atoms with Crippen LogP contribution in [0.15, 0.2) is 0 Å². The molecule has 1 aliphatic heterocycles. The lowest BCUT2D eigenvalue weighted by Gasteiger charge is -2.15. The van der Waals surface area contributed by atoms with Crippen molar-refractivity contribution >= 4 is 0 Å². The molecule has 1 saturated heterocycles. The summed E-state index contributed by atoms with van der Waals surface area (Å²) in [5.74, 6) is 0.387. The van der Waals surface area contributed by atoms with Gasteiger partial charge < -0.3 is 9.84 Å². The van der Waals surface area contributed by atoms with Crippen LogP contribution in [0.5, 0.6) is 0 Å². The minimum absolute atomic E-state index is 0.131. The van der Waals surface area contributed by atoms with E-state index in [2.05, 4.69) is 20.8 Å². The van der Waals surface area contributed by atoms with Gasteiger partial charge in [-0.25, -0.2) is 0 Å². The lowest BCUT2D eigenvalue weighted by molar-refractivity contribution is 0.0443. The highest BCUT2D eigenvalue weighted by Gasteiger charge is 2.21. The molecule has 0 aliphatic carbocycles. The van der Waals surface area contributed by atoms with Crippen LogP contribution in [-0.4, -0.2) is 23.4 Å². The summed E-state index contributed by atoms with van der Waals surface area (Å²) in [5, 5.41) is 9.61. The first-order chi connectivity index (χ1) is 6.59. The van der Waals surface area contributed by atoms with E-state index in [1.165, 1.54) is 12.8 Å². The Morgan fingerprint density at radius 3 is 2.57 bits per heavy atom. The molecule has 84 valence electrons. The van der Waals surface area contributed by atoms with Crippen LogP contribution in [0.25, 0.3) is 0 Å². The average Bonchev–Trinajstić information content (AvgIpc) is 2.51. The summed E-state index contributed by atoms with van der Waals surface area (Å²) in [5.41, 5.74) is 0. The van der Waals surface area contributed by atoms with Gasteiger partial charge in [-0.3, -0.25) is 0 Å². The van der Waals surface area contributed by atoms with Crippen molar-refractivity contribution in [3.63, 3.8) is 0 Å². The van der Waals surface area contributed by atoms with Crippen LogP contribution in [0.1, 0.15) is 52.9 Å². The zero-order chi connectivity index (χ0) is 10.6. The number of aliphatic hydroxyl groups excluding tert-OH is 1. The molecule has 2 heteroatoms. The number of ether oxygens (including phenoxy) is 1. The number of hydrogen-bond donors (Lipinski definition) is 1. The zero-order valence-corrected chi connectivity index (χ0v) is 9.70. The summed E-state index contributed by atoms with van der Waals surface area (Å²) in [6, 6.07) is 0. The van der Waals surface area contributed by atoms with E-state index in [0.717, 1.165) is 19.3 Å². The first-order valence-electron chi connectivity index (χ1n) is 5.93. The average molecular weight is 200 g/mol. The Kier molecular flexibility index (Phi) is 4.90. The van der Waals surface area contributed by atoms with Crippen molar-refractivity contribution in [2.24, 2.45) is 5.92 Å². The Morgan fingerprint density at radius 1 is 1.36 bits per heavy atom. The maximum Gasteiger partial charge on any atom is 0.0579 e. The second-order valence-electron chi connectivity index (χ2n) is 4.89. The fraction of sp³-hybridized carbons (Fsp3) is 1.00. The molecule has 0 aromatic carbocycles. The van der Waals surface area contributed by atoms with E-state index in [9.17, 15) is 5.11 Å². The lowest BCUT2D eigenvalue weighted by Crippen LogP contribution is -2.15. The second-order valence-corrected chi connectivity index (χ2v) is 4.89. The fourth-order valence-corrected chi connectivity index (χ4v) is 1.99. The number of aliphatic hydroxyl groups is 1. The Bertz CT molecular complexity index is 156. The molecule has 14 heavy (non-hydrogen) atoms. The molecular weight excluding hydrogens is 176 g/mol. The standard InChI is InChI=1S/C12H24O2/c1-9(2)12(13)6-4-5-11-8-7-10(3)14-11/h9-13H,4-8H2,1-3H3. The monoisotopic (exact) mass is 200 g/mol. The van der Waals surface area contributed by atoms with Crippen LogP contribution >= 0.6 is 0 Å². The van der Waals surface area contributed by atoms with Crippen LogP contribution in [0.3, 0.4) is 0 Å². The topological polar surface area (TPSA) is 29.5 Å². The van der Waals surface area contributed by atoms with Crippen molar-refractivity contribution in [2.45, 2.75) is 71.2 Å². The Balaban J connectivity index is 2.04. The number of hydrogen-bond acceptors (Lipinski definition) is 2. The molecule has 1 N–H and O–H groups in total. The molecule has 0 saturated carbocycles. The maximum absolute atomic E-state index is 9.61. The Hall–Kier alpha value is -0.0800. The molecule has 1 heterocycles. The quantitative estimate of drug-likeness (QED) is 0.739. The summed E-state index contributed by atoms with van der Waals surface area (Å²) in [6.07, 6.45) is 6.33. The molecule has 0 aromatic rings. The van der Waals surface area contributed by atoms with Gasteiger partial charge in [0.15, 0.2) is 0 Å². The molecule has 2 nitrogen and oxygen atoms in total. The highest BCUT2D eigenvalue weighted by Crippen LogP contribution is 2.23. The molecule has 0 bridgehead atoms. The van der Waals surface area contributed by atoms with Crippen LogP contribution in [-0.2, 0) is 4.74 Å². The molecule has 0 aromatic heterocycles. The summed E-state index contributed by atoms with van der Waals surface area (Å²) in [7, 11) is 0. The van der Waals surface area contributed by atoms with Gasteiger partial charge in [0, 0.05) is 0 Å². The third-order valence-corrected chi connectivity index (χ3v) is 3.12. The SMILES string of the molecule is CC1CCC(CCCC(O)C(C)C)O1. The van der Waals surface area contributed by atoms with Gasteiger partial charge in [0.1, 0.15) is 0 Å². The van der Waals surface area contributed by atoms with E-state index in [1.54, 1.807) is 0 Å². The largest absolute Gasteiger partial charge is 0.393 e. The predicted molar refractivity (Wildman–Crippen MR) is 58.3 cm³/mol. The molecule has 1 aliphatic rings. The van der Waals surface area contributed by atoms with E-state index in [-0.39, 0.29) is 6.10 Å². The molecule has 1 fully saturated rings. The Labute approximate surface area is 87.7 Å². The molecule has 1 rings (SSSR count). The van der Waals surface area contributed by atoms with Crippen LogP contribution < -0.4 is 0 Å². The molecule has 0 radical (unpaired) electrons. The van der Waals surface area contributed by atoms with Gasteiger partial charge in [0.2, 0.25) is 0 Å². The van der Waals surface area contributed by atoms with E-state index in [4.69, 9.17) is 4.74 Å². The van der Waals surface area contributed by atoms with E-state index in [1.807, 2.05) is 0 Å². The predicted octanol–water partition coefficient (Wildman–Crippen LogP) is 2.74.